The molecule has 0 amide bonds. The van der Waals surface area contributed by atoms with Crippen molar-refractivity contribution in [3.63, 3.8) is 0 Å². The average molecular weight is 339 g/mol. The van der Waals surface area contributed by atoms with E-state index in [1.165, 1.54) is 6.07 Å². The minimum absolute atomic E-state index is 0.0861. The van der Waals surface area contributed by atoms with Gasteiger partial charge in [0.1, 0.15) is 5.76 Å². The summed E-state index contributed by atoms with van der Waals surface area (Å²) >= 11 is 3.29. The van der Waals surface area contributed by atoms with Gasteiger partial charge in [0.15, 0.2) is 0 Å². The second-order valence-corrected chi connectivity index (χ2v) is 5.37. The molecule has 106 valence electrons. The van der Waals surface area contributed by atoms with E-state index in [0.29, 0.717) is 11.0 Å². The van der Waals surface area contributed by atoms with Gasteiger partial charge in [-0.25, -0.2) is 0 Å². The molecule has 0 aliphatic heterocycles. The number of hydrogen-bond donors (Lipinski definition) is 1. The minimum atomic E-state index is -0.389. The molecule has 0 aliphatic rings. The van der Waals surface area contributed by atoms with Gasteiger partial charge < -0.3 is 9.73 Å². The van der Waals surface area contributed by atoms with E-state index < -0.39 is 0 Å². The molecule has 0 bridgehead atoms. The molecule has 1 N–H and O–H groups in total. The predicted molar refractivity (Wildman–Crippen MR) is 79.5 cm³/mol. The van der Waals surface area contributed by atoms with Gasteiger partial charge in [0.2, 0.25) is 0 Å². The maximum absolute atomic E-state index is 10.9. The van der Waals surface area contributed by atoms with Crippen molar-refractivity contribution in [2.24, 2.45) is 0 Å². The molecule has 1 aromatic carbocycles. The van der Waals surface area contributed by atoms with Crippen molar-refractivity contribution < 1.29 is 9.34 Å². The quantitative estimate of drug-likeness (QED) is 0.644. The van der Waals surface area contributed by atoms with Gasteiger partial charge in [-0.3, -0.25) is 10.1 Å². The van der Waals surface area contributed by atoms with Gasteiger partial charge in [0.05, 0.1) is 15.7 Å². The van der Waals surface area contributed by atoms with E-state index in [1.807, 2.05) is 25.1 Å². The highest BCUT2D eigenvalue weighted by Crippen LogP contribution is 2.28. The lowest BCUT2D eigenvalue weighted by molar-refractivity contribution is -0.385. The van der Waals surface area contributed by atoms with Gasteiger partial charge in [-0.2, -0.15) is 0 Å². The zero-order chi connectivity index (χ0) is 14.5. The number of nitro benzene ring substituents is 1. The Morgan fingerprint density at radius 2 is 2.20 bits per heavy atom. The Labute approximate surface area is 125 Å². The van der Waals surface area contributed by atoms with Crippen LogP contribution in [0.5, 0.6) is 0 Å². The summed E-state index contributed by atoms with van der Waals surface area (Å²) in [6, 6.07) is 9.05. The van der Waals surface area contributed by atoms with Crippen LogP contribution in [0.15, 0.2) is 45.5 Å². The highest BCUT2D eigenvalue weighted by Gasteiger charge is 2.15. The highest BCUT2D eigenvalue weighted by molar-refractivity contribution is 9.10. The molecular weight excluding hydrogens is 324 g/mol. The second kappa shape index (κ2) is 6.67. The van der Waals surface area contributed by atoms with Crippen molar-refractivity contribution in [2.45, 2.75) is 25.9 Å². The maximum Gasteiger partial charge on any atom is 0.283 e. The van der Waals surface area contributed by atoms with Gasteiger partial charge in [-0.15, -0.1) is 0 Å². The van der Waals surface area contributed by atoms with Gasteiger partial charge in [0, 0.05) is 25.1 Å². The first kappa shape index (κ1) is 14.7. The molecule has 0 aliphatic carbocycles. The molecule has 0 spiro atoms. The van der Waals surface area contributed by atoms with Gasteiger partial charge in [-0.1, -0.05) is 12.1 Å². The van der Waals surface area contributed by atoms with Crippen LogP contribution in [-0.2, 0) is 13.0 Å². The summed E-state index contributed by atoms with van der Waals surface area (Å²) in [7, 11) is 0. The minimum Gasteiger partial charge on any atom is -0.469 e. The molecule has 1 atom stereocenters. The summed E-state index contributed by atoms with van der Waals surface area (Å²) in [6.45, 7) is 2.61. The molecule has 0 fully saturated rings. The van der Waals surface area contributed by atoms with Crippen LogP contribution >= 0.6 is 15.9 Å². The maximum atomic E-state index is 10.9. The van der Waals surface area contributed by atoms with Crippen molar-refractivity contribution >= 4 is 21.6 Å². The van der Waals surface area contributed by atoms with Crippen LogP contribution in [0.2, 0.25) is 0 Å². The number of nitrogens with zero attached hydrogens (tertiary/aromatic N) is 1. The molecule has 2 rings (SSSR count). The topological polar surface area (TPSA) is 68.3 Å². The van der Waals surface area contributed by atoms with Crippen LogP contribution in [0.1, 0.15) is 18.2 Å². The summed E-state index contributed by atoms with van der Waals surface area (Å²) in [5, 5.41) is 14.2. The summed E-state index contributed by atoms with van der Waals surface area (Å²) in [5.41, 5.74) is 0.952. The Morgan fingerprint density at radius 1 is 1.40 bits per heavy atom. The zero-order valence-corrected chi connectivity index (χ0v) is 12.6. The van der Waals surface area contributed by atoms with Crippen molar-refractivity contribution in [1.29, 1.82) is 0 Å². The Hall–Kier alpha value is -1.66. The summed E-state index contributed by atoms with van der Waals surface area (Å²) in [4.78, 5) is 10.5. The van der Waals surface area contributed by atoms with E-state index in [-0.39, 0.29) is 16.7 Å². The number of rotatable bonds is 6. The number of nitrogens with one attached hydrogen (secondary N) is 1. The molecule has 1 unspecified atom stereocenters. The van der Waals surface area contributed by atoms with Crippen LogP contribution < -0.4 is 5.32 Å². The smallest absolute Gasteiger partial charge is 0.283 e. The third-order valence-electron chi connectivity index (χ3n) is 2.98. The first-order valence-electron chi connectivity index (χ1n) is 6.25. The Bertz CT molecular complexity index is 584. The molecule has 1 heterocycles. The largest absolute Gasteiger partial charge is 0.469 e. The average Bonchev–Trinajstić information content (AvgIpc) is 2.90. The first-order valence-corrected chi connectivity index (χ1v) is 7.04. The fourth-order valence-electron chi connectivity index (χ4n) is 1.93. The lowest BCUT2D eigenvalue weighted by atomic mass is 10.1. The van der Waals surface area contributed by atoms with E-state index in [0.717, 1.165) is 17.7 Å². The number of nitro groups is 1. The second-order valence-electron chi connectivity index (χ2n) is 4.57. The number of benzene rings is 1. The molecule has 0 saturated heterocycles. The Balaban J connectivity index is 1.97. The zero-order valence-electron chi connectivity index (χ0n) is 11.0. The molecule has 2 aromatic rings. The van der Waals surface area contributed by atoms with Gasteiger partial charge in [0.25, 0.3) is 5.69 Å². The van der Waals surface area contributed by atoms with E-state index in [2.05, 4.69) is 21.2 Å². The van der Waals surface area contributed by atoms with Gasteiger partial charge >= 0.3 is 0 Å². The molecule has 6 heteroatoms. The molecular formula is C14H15BrN2O3. The molecule has 0 radical (unpaired) electrons. The molecule has 20 heavy (non-hydrogen) atoms. The summed E-state index contributed by atoms with van der Waals surface area (Å²) in [6.07, 6.45) is 2.43. The van der Waals surface area contributed by atoms with Crippen LogP contribution in [-0.4, -0.2) is 11.0 Å². The van der Waals surface area contributed by atoms with Crippen LogP contribution in [0, 0.1) is 10.1 Å². The SMILES string of the molecule is CC(Cc1ccco1)NCc1cccc([N+](=O)[O-])c1Br. The van der Waals surface area contributed by atoms with Crippen LogP contribution in [0.4, 0.5) is 5.69 Å². The van der Waals surface area contributed by atoms with Gasteiger partial charge in [-0.05, 0) is 40.5 Å². The van der Waals surface area contributed by atoms with Crippen molar-refractivity contribution in [2.75, 3.05) is 0 Å². The van der Waals surface area contributed by atoms with Crippen molar-refractivity contribution in [3.05, 3.63) is 62.5 Å². The normalized spacial score (nSPS) is 12.3. The fraction of sp³-hybridized carbons (Fsp3) is 0.286. The summed E-state index contributed by atoms with van der Waals surface area (Å²) < 4.78 is 5.82. The standard InChI is InChI=1S/C14H15BrN2O3/c1-10(8-12-5-3-7-20-12)16-9-11-4-2-6-13(14(11)15)17(18)19/h2-7,10,16H,8-9H2,1H3. The van der Waals surface area contributed by atoms with Crippen molar-refractivity contribution in [1.82, 2.24) is 5.32 Å². The Kier molecular flexibility index (Phi) is 4.92. The third-order valence-corrected chi connectivity index (χ3v) is 3.90. The number of halogens is 1. The number of hydrogen-bond acceptors (Lipinski definition) is 4. The van der Waals surface area contributed by atoms with E-state index >= 15 is 0 Å². The third kappa shape index (κ3) is 3.68. The molecule has 1 aromatic heterocycles. The van der Waals surface area contributed by atoms with E-state index in [9.17, 15) is 10.1 Å². The highest BCUT2D eigenvalue weighted by atomic mass is 79.9. The van der Waals surface area contributed by atoms with E-state index in [4.69, 9.17) is 4.42 Å². The molecule has 0 saturated carbocycles. The van der Waals surface area contributed by atoms with Crippen LogP contribution in [0.25, 0.3) is 0 Å². The lowest BCUT2D eigenvalue weighted by Crippen LogP contribution is -2.27. The van der Waals surface area contributed by atoms with E-state index in [1.54, 1.807) is 12.3 Å². The monoisotopic (exact) mass is 338 g/mol. The summed E-state index contributed by atoms with van der Waals surface area (Å²) in [5.74, 6) is 0.920. The first-order chi connectivity index (χ1) is 9.58. The number of furan rings is 1. The lowest BCUT2D eigenvalue weighted by Gasteiger charge is -2.13. The molecule has 5 nitrogen and oxygen atoms in total. The Morgan fingerprint density at radius 3 is 2.85 bits per heavy atom. The van der Waals surface area contributed by atoms with Crippen molar-refractivity contribution in [3.8, 4) is 0 Å². The predicted octanol–water partition coefficient (Wildman–Crippen LogP) is 3.67. The van der Waals surface area contributed by atoms with Crippen LogP contribution in [0.3, 0.4) is 0 Å². The fourth-order valence-corrected chi connectivity index (χ4v) is 2.48.